The van der Waals surface area contributed by atoms with Crippen molar-refractivity contribution in [3.8, 4) is 0 Å². The van der Waals surface area contributed by atoms with E-state index in [0.717, 1.165) is 5.56 Å². The van der Waals surface area contributed by atoms with Crippen molar-refractivity contribution in [2.45, 2.75) is 11.3 Å². The predicted octanol–water partition coefficient (Wildman–Crippen LogP) is 2.03. The number of hydrogen-bond acceptors (Lipinski definition) is 6. The number of rotatable bonds is 7. The minimum Gasteiger partial charge on any atom is -0.368 e. The Morgan fingerprint density at radius 2 is 1.68 bits per heavy atom. The molecule has 3 aromatic rings. The minimum absolute atomic E-state index is 0.0828. The number of amides is 1. The molecule has 0 saturated carbocycles. The fourth-order valence-electron chi connectivity index (χ4n) is 2.43. The highest BCUT2D eigenvalue weighted by Crippen LogP contribution is 2.10. The lowest BCUT2D eigenvalue weighted by Gasteiger charge is -2.07. The van der Waals surface area contributed by atoms with Gasteiger partial charge in [-0.25, -0.2) is 23.5 Å². The van der Waals surface area contributed by atoms with E-state index >= 15 is 0 Å². The van der Waals surface area contributed by atoms with Crippen molar-refractivity contribution in [3.63, 3.8) is 0 Å². The van der Waals surface area contributed by atoms with E-state index in [9.17, 15) is 13.2 Å². The normalized spacial score (nSPS) is 11.0. The van der Waals surface area contributed by atoms with Gasteiger partial charge in [0.15, 0.2) is 0 Å². The van der Waals surface area contributed by atoms with Crippen molar-refractivity contribution in [3.05, 3.63) is 78.2 Å². The number of carbonyl (C=O) groups excluding carboxylic acids is 1. The van der Waals surface area contributed by atoms with Crippen LogP contribution in [0.25, 0.3) is 0 Å². The molecule has 9 heteroatoms. The van der Waals surface area contributed by atoms with Gasteiger partial charge in [-0.1, -0.05) is 30.3 Å². The van der Waals surface area contributed by atoms with Crippen molar-refractivity contribution < 1.29 is 13.2 Å². The molecular formula is C19H19N5O3S. The third-order valence-electron chi connectivity index (χ3n) is 3.89. The lowest BCUT2D eigenvalue weighted by atomic mass is 10.1. The van der Waals surface area contributed by atoms with Gasteiger partial charge in [0, 0.05) is 12.2 Å². The molecule has 3 rings (SSSR count). The summed E-state index contributed by atoms with van der Waals surface area (Å²) in [4.78, 5) is 20.5. The Hall–Kier alpha value is -3.30. The highest BCUT2D eigenvalue weighted by atomic mass is 32.2. The molecule has 1 heterocycles. The molecule has 0 radical (unpaired) electrons. The van der Waals surface area contributed by atoms with Crippen LogP contribution in [-0.4, -0.2) is 30.8 Å². The summed E-state index contributed by atoms with van der Waals surface area (Å²) in [6.45, 7) is 0.568. The molecule has 1 aromatic heterocycles. The van der Waals surface area contributed by atoms with Crippen LogP contribution in [0.3, 0.4) is 0 Å². The van der Waals surface area contributed by atoms with Gasteiger partial charge in [-0.05, 0) is 36.2 Å². The Bertz CT molecular complexity index is 1040. The highest BCUT2D eigenvalue weighted by molar-refractivity contribution is 7.89. The van der Waals surface area contributed by atoms with E-state index < -0.39 is 10.0 Å². The van der Waals surface area contributed by atoms with Crippen molar-refractivity contribution in [1.82, 2.24) is 9.97 Å². The number of benzene rings is 2. The van der Waals surface area contributed by atoms with Crippen molar-refractivity contribution in [2.75, 3.05) is 17.2 Å². The summed E-state index contributed by atoms with van der Waals surface area (Å²) in [6, 6.07) is 15.5. The maximum Gasteiger partial charge on any atom is 0.275 e. The number of sulfonamides is 1. The van der Waals surface area contributed by atoms with E-state index in [1.165, 1.54) is 24.5 Å². The standard InChI is InChI=1S/C19H19N5O3S/c20-28(26,27)16-8-6-14(7-9-16)10-11-21-18-13-22-17(12-23-18)19(25)24-15-4-2-1-3-5-15/h1-9,12-13H,10-11H2,(H,21,23)(H,24,25)(H2,20,26,27). The number of anilines is 2. The number of carbonyl (C=O) groups is 1. The molecule has 0 saturated heterocycles. The third kappa shape index (κ3) is 5.35. The zero-order chi connectivity index (χ0) is 20.0. The summed E-state index contributed by atoms with van der Waals surface area (Å²) in [6.07, 6.45) is 3.55. The van der Waals surface area contributed by atoms with Gasteiger partial charge in [0.05, 0.1) is 17.3 Å². The number of nitrogens with zero attached hydrogens (tertiary/aromatic N) is 2. The van der Waals surface area contributed by atoms with Crippen LogP contribution >= 0.6 is 0 Å². The maximum atomic E-state index is 12.1. The van der Waals surface area contributed by atoms with E-state index in [1.54, 1.807) is 24.3 Å². The first kappa shape index (κ1) is 19.5. The molecule has 4 N–H and O–H groups in total. The first-order chi connectivity index (χ1) is 13.4. The molecule has 0 aliphatic heterocycles. The van der Waals surface area contributed by atoms with Crippen molar-refractivity contribution in [2.24, 2.45) is 5.14 Å². The molecule has 2 aromatic carbocycles. The van der Waals surface area contributed by atoms with Gasteiger partial charge in [-0.15, -0.1) is 0 Å². The molecule has 0 aliphatic carbocycles. The van der Waals surface area contributed by atoms with Gasteiger partial charge < -0.3 is 10.6 Å². The fraction of sp³-hybridized carbons (Fsp3) is 0.105. The summed E-state index contributed by atoms with van der Waals surface area (Å²) in [5.74, 6) is 0.206. The number of nitrogens with one attached hydrogen (secondary N) is 2. The van der Waals surface area contributed by atoms with Gasteiger partial charge in [-0.3, -0.25) is 4.79 Å². The van der Waals surface area contributed by atoms with Crippen LogP contribution in [0.5, 0.6) is 0 Å². The molecule has 144 valence electrons. The number of hydrogen-bond donors (Lipinski definition) is 3. The predicted molar refractivity (Wildman–Crippen MR) is 106 cm³/mol. The lowest BCUT2D eigenvalue weighted by Crippen LogP contribution is -2.15. The Balaban J connectivity index is 1.51. The summed E-state index contributed by atoms with van der Waals surface area (Å²) < 4.78 is 22.5. The molecule has 28 heavy (non-hydrogen) atoms. The SMILES string of the molecule is NS(=O)(=O)c1ccc(CCNc2cnc(C(=O)Nc3ccccc3)cn2)cc1. The van der Waals surface area contributed by atoms with Crippen LogP contribution in [0.2, 0.25) is 0 Å². The Morgan fingerprint density at radius 3 is 2.29 bits per heavy atom. The zero-order valence-electron chi connectivity index (χ0n) is 14.9. The molecule has 0 fully saturated rings. The first-order valence-corrected chi connectivity index (χ1v) is 10.0. The van der Waals surface area contributed by atoms with Gasteiger partial charge in [0.1, 0.15) is 11.5 Å². The summed E-state index contributed by atoms with van der Waals surface area (Å²) in [7, 11) is -3.68. The van der Waals surface area contributed by atoms with Crippen LogP contribution in [0.15, 0.2) is 71.9 Å². The minimum atomic E-state index is -3.68. The second-order valence-corrected chi connectivity index (χ2v) is 7.53. The topological polar surface area (TPSA) is 127 Å². The number of para-hydroxylation sites is 1. The van der Waals surface area contributed by atoms with Crippen LogP contribution in [0.4, 0.5) is 11.5 Å². The Morgan fingerprint density at radius 1 is 0.964 bits per heavy atom. The quantitative estimate of drug-likeness (QED) is 0.560. The summed E-state index contributed by atoms with van der Waals surface area (Å²) in [5, 5.41) is 10.9. The third-order valence-corrected chi connectivity index (χ3v) is 4.82. The van der Waals surface area contributed by atoms with Crippen LogP contribution in [0, 0.1) is 0 Å². The largest absolute Gasteiger partial charge is 0.368 e. The maximum absolute atomic E-state index is 12.1. The molecule has 0 unspecified atom stereocenters. The van der Waals surface area contributed by atoms with Crippen molar-refractivity contribution >= 4 is 27.4 Å². The molecule has 8 nitrogen and oxygen atoms in total. The van der Waals surface area contributed by atoms with E-state index in [-0.39, 0.29) is 16.5 Å². The fourth-order valence-corrected chi connectivity index (χ4v) is 2.95. The van der Waals surface area contributed by atoms with Crippen LogP contribution in [0.1, 0.15) is 16.1 Å². The molecular weight excluding hydrogens is 378 g/mol. The molecule has 0 atom stereocenters. The van der Waals surface area contributed by atoms with Gasteiger partial charge in [0.2, 0.25) is 10.0 Å². The average Bonchev–Trinajstić information content (AvgIpc) is 2.69. The van der Waals surface area contributed by atoms with Crippen LogP contribution in [-0.2, 0) is 16.4 Å². The van der Waals surface area contributed by atoms with Gasteiger partial charge in [-0.2, -0.15) is 0 Å². The monoisotopic (exact) mass is 397 g/mol. The molecule has 0 bridgehead atoms. The van der Waals surface area contributed by atoms with E-state index in [4.69, 9.17) is 5.14 Å². The van der Waals surface area contributed by atoms with Gasteiger partial charge >= 0.3 is 0 Å². The second-order valence-electron chi connectivity index (χ2n) is 5.97. The first-order valence-electron chi connectivity index (χ1n) is 8.46. The van der Waals surface area contributed by atoms with E-state index in [2.05, 4.69) is 20.6 Å². The number of nitrogens with two attached hydrogens (primary N) is 1. The highest BCUT2D eigenvalue weighted by Gasteiger charge is 2.09. The van der Waals surface area contributed by atoms with Crippen LogP contribution < -0.4 is 15.8 Å². The smallest absolute Gasteiger partial charge is 0.275 e. The zero-order valence-corrected chi connectivity index (χ0v) is 15.7. The second kappa shape index (κ2) is 8.59. The number of aromatic nitrogens is 2. The summed E-state index contributed by atoms with van der Waals surface area (Å²) >= 11 is 0. The Labute approximate surface area is 162 Å². The van der Waals surface area contributed by atoms with Crippen molar-refractivity contribution in [1.29, 1.82) is 0 Å². The lowest BCUT2D eigenvalue weighted by molar-refractivity contribution is 0.102. The van der Waals surface area contributed by atoms with E-state index in [1.807, 2.05) is 18.2 Å². The average molecular weight is 397 g/mol. The number of primary sulfonamides is 1. The molecule has 1 amide bonds. The molecule has 0 spiro atoms. The molecule has 0 aliphatic rings. The van der Waals surface area contributed by atoms with Gasteiger partial charge in [0.25, 0.3) is 5.91 Å². The summed E-state index contributed by atoms with van der Waals surface area (Å²) in [5.41, 5.74) is 1.85. The van der Waals surface area contributed by atoms with E-state index in [0.29, 0.717) is 24.5 Å². The Kier molecular flexibility index (Phi) is 5.97.